The molecule has 0 unspecified atom stereocenters. The van der Waals surface area contributed by atoms with Crippen LogP contribution < -0.4 is 4.90 Å². The summed E-state index contributed by atoms with van der Waals surface area (Å²) in [6, 6.07) is 73.5. The molecule has 1 nitrogen and oxygen atoms in total. The van der Waals surface area contributed by atoms with Gasteiger partial charge in [-0.25, -0.2) is 0 Å². The Morgan fingerprint density at radius 2 is 0.945 bits per heavy atom. The third-order valence-electron chi connectivity index (χ3n) is 10.9. The van der Waals surface area contributed by atoms with E-state index in [2.05, 4.69) is 205 Å². The second-order valence-electron chi connectivity index (χ2n) is 14.0. The van der Waals surface area contributed by atoms with Crippen molar-refractivity contribution in [3.05, 3.63) is 200 Å². The van der Waals surface area contributed by atoms with E-state index in [4.69, 9.17) is 0 Å². The van der Waals surface area contributed by atoms with Gasteiger partial charge in [-0.2, -0.15) is 0 Å². The van der Waals surface area contributed by atoms with Crippen LogP contribution in [-0.4, -0.2) is 0 Å². The molecule has 11 aromatic rings. The highest BCUT2D eigenvalue weighted by Gasteiger charge is 2.23. The van der Waals surface area contributed by atoms with Crippen molar-refractivity contribution in [2.75, 3.05) is 4.90 Å². The normalized spacial score (nSPS) is 11.6. The fourth-order valence-corrected chi connectivity index (χ4v) is 10.7. The highest BCUT2D eigenvalue weighted by Crippen LogP contribution is 2.49. The zero-order valence-corrected chi connectivity index (χ0v) is 31.4. The molecule has 55 heavy (non-hydrogen) atoms. The minimum atomic E-state index is 1.12. The third-order valence-corrected chi connectivity index (χ3v) is 13.2. The van der Waals surface area contributed by atoms with Crippen LogP contribution in [0.15, 0.2) is 200 Å². The van der Waals surface area contributed by atoms with Crippen molar-refractivity contribution >= 4 is 90.9 Å². The van der Waals surface area contributed by atoms with Gasteiger partial charge in [0, 0.05) is 51.6 Å². The quantitative estimate of drug-likeness (QED) is 0.164. The summed E-state index contributed by atoms with van der Waals surface area (Å²) in [5, 5.41) is 7.66. The molecule has 0 aliphatic rings. The molecule has 0 aliphatic heterocycles. The molecule has 0 atom stereocenters. The molecule has 0 aliphatic carbocycles. The maximum Gasteiger partial charge on any atom is 0.0555 e. The zero-order chi connectivity index (χ0) is 36.3. The van der Waals surface area contributed by atoms with Gasteiger partial charge in [-0.15, -0.1) is 22.7 Å². The summed E-state index contributed by atoms with van der Waals surface area (Å²) in [4.78, 5) is 2.52. The summed E-state index contributed by atoms with van der Waals surface area (Å²) >= 11 is 3.75. The Bertz CT molecular complexity index is 3220. The molecule has 0 radical (unpaired) electrons. The average molecular weight is 736 g/mol. The SMILES string of the molecule is c1ccc(-c2ccc(-c3cccc4ccccc34)cc2N(c2cccc(-c3cccc4c3sc3ccccc34)c2)c2cccc3sc4ccccc4c23)cc1. The van der Waals surface area contributed by atoms with Crippen LogP contribution in [0.5, 0.6) is 0 Å². The summed E-state index contributed by atoms with van der Waals surface area (Å²) in [7, 11) is 0. The molecule has 0 spiro atoms. The molecule has 0 bridgehead atoms. The molecule has 0 saturated heterocycles. The summed E-state index contributed by atoms with van der Waals surface area (Å²) < 4.78 is 5.21. The molecule has 0 saturated carbocycles. The summed E-state index contributed by atoms with van der Waals surface area (Å²) in [5.74, 6) is 0. The van der Waals surface area contributed by atoms with Crippen molar-refractivity contribution < 1.29 is 0 Å². The Morgan fingerprint density at radius 3 is 1.84 bits per heavy atom. The topological polar surface area (TPSA) is 3.24 Å². The molecular weight excluding hydrogens is 703 g/mol. The zero-order valence-electron chi connectivity index (χ0n) is 29.8. The second kappa shape index (κ2) is 13.1. The first-order valence-electron chi connectivity index (χ1n) is 18.7. The first kappa shape index (κ1) is 32.0. The number of rotatable bonds is 6. The van der Waals surface area contributed by atoms with Gasteiger partial charge in [-0.3, -0.25) is 0 Å². The predicted molar refractivity (Wildman–Crippen MR) is 241 cm³/mol. The monoisotopic (exact) mass is 735 g/mol. The molecule has 3 heteroatoms. The van der Waals surface area contributed by atoms with Crippen molar-refractivity contribution in [1.82, 2.24) is 0 Å². The van der Waals surface area contributed by atoms with Gasteiger partial charge >= 0.3 is 0 Å². The summed E-state index contributed by atoms with van der Waals surface area (Å²) in [5.41, 5.74) is 10.6. The number of hydrogen-bond acceptors (Lipinski definition) is 3. The molecule has 0 fully saturated rings. The molecule has 0 N–H and O–H groups in total. The van der Waals surface area contributed by atoms with E-state index < -0.39 is 0 Å². The van der Waals surface area contributed by atoms with Crippen molar-refractivity contribution in [3.8, 4) is 33.4 Å². The first-order valence-corrected chi connectivity index (χ1v) is 20.3. The molecule has 9 aromatic carbocycles. The lowest BCUT2D eigenvalue weighted by Crippen LogP contribution is -2.12. The van der Waals surface area contributed by atoms with Gasteiger partial charge in [0.2, 0.25) is 0 Å². The van der Waals surface area contributed by atoms with Gasteiger partial charge in [0.05, 0.1) is 11.4 Å². The molecule has 0 amide bonds. The van der Waals surface area contributed by atoms with E-state index in [0.29, 0.717) is 0 Å². The van der Waals surface area contributed by atoms with Crippen LogP contribution in [0.3, 0.4) is 0 Å². The Hall–Kier alpha value is -6.52. The van der Waals surface area contributed by atoms with Gasteiger partial charge in [0.1, 0.15) is 0 Å². The third kappa shape index (κ3) is 5.35. The maximum absolute atomic E-state index is 2.52. The Labute approximate surface area is 327 Å². The van der Waals surface area contributed by atoms with E-state index in [-0.39, 0.29) is 0 Å². The largest absolute Gasteiger partial charge is 0.309 e. The molecule has 258 valence electrons. The smallest absolute Gasteiger partial charge is 0.0555 e. The Kier molecular flexibility index (Phi) is 7.61. The van der Waals surface area contributed by atoms with Crippen LogP contribution in [0.2, 0.25) is 0 Å². The van der Waals surface area contributed by atoms with Crippen molar-refractivity contribution in [3.63, 3.8) is 0 Å². The lowest BCUT2D eigenvalue weighted by Gasteiger charge is -2.30. The molecule has 11 rings (SSSR count). The van der Waals surface area contributed by atoms with E-state index in [1.165, 1.54) is 90.2 Å². The van der Waals surface area contributed by atoms with Crippen molar-refractivity contribution in [2.24, 2.45) is 0 Å². The van der Waals surface area contributed by atoms with E-state index in [9.17, 15) is 0 Å². The number of anilines is 3. The average Bonchev–Trinajstić information content (AvgIpc) is 3.83. The summed E-state index contributed by atoms with van der Waals surface area (Å²) in [6.45, 7) is 0. The molecule has 2 heterocycles. The standard InChI is InChI=1S/C52H33NS2/c1-2-14-35(15-3-1)41-31-30-37(40-23-11-17-34-16-4-5-20-39(34)40)33-47(41)53(46-26-13-29-50-51(46)45-22-7-9-28-49(45)54-50)38-19-10-18-36(32-38)42-24-12-25-44-43-21-6-8-27-48(43)55-52(42)44/h1-33H. The van der Waals surface area contributed by atoms with Crippen LogP contribution in [0.1, 0.15) is 0 Å². The van der Waals surface area contributed by atoms with Gasteiger partial charge < -0.3 is 4.90 Å². The van der Waals surface area contributed by atoms with Gasteiger partial charge in [-0.05, 0) is 81.1 Å². The second-order valence-corrected chi connectivity index (χ2v) is 16.2. The Morgan fingerprint density at radius 1 is 0.327 bits per heavy atom. The van der Waals surface area contributed by atoms with E-state index in [0.717, 1.165) is 11.4 Å². The minimum absolute atomic E-state index is 1.12. The molecular formula is C52H33NS2. The van der Waals surface area contributed by atoms with Gasteiger partial charge in [0.15, 0.2) is 0 Å². The number of thiophene rings is 2. The van der Waals surface area contributed by atoms with E-state index >= 15 is 0 Å². The maximum atomic E-state index is 2.52. The lowest BCUT2D eigenvalue weighted by atomic mass is 9.93. The van der Waals surface area contributed by atoms with Crippen LogP contribution in [-0.2, 0) is 0 Å². The highest BCUT2D eigenvalue weighted by molar-refractivity contribution is 7.26. The van der Waals surface area contributed by atoms with E-state index in [1.807, 2.05) is 22.7 Å². The first-order chi connectivity index (χ1) is 27.3. The number of benzene rings is 9. The minimum Gasteiger partial charge on any atom is -0.309 e. The van der Waals surface area contributed by atoms with Gasteiger partial charge in [-0.1, -0.05) is 158 Å². The lowest BCUT2D eigenvalue weighted by molar-refractivity contribution is 1.30. The van der Waals surface area contributed by atoms with Gasteiger partial charge in [0.25, 0.3) is 0 Å². The van der Waals surface area contributed by atoms with Crippen LogP contribution in [0.4, 0.5) is 17.1 Å². The Balaban J connectivity index is 1.21. The number of hydrogen-bond donors (Lipinski definition) is 0. The molecule has 2 aromatic heterocycles. The fraction of sp³-hybridized carbons (Fsp3) is 0. The number of fused-ring (bicyclic) bond motifs is 7. The fourth-order valence-electron chi connectivity index (χ4n) is 8.36. The van der Waals surface area contributed by atoms with Crippen LogP contribution in [0.25, 0.3) is 84.5 Å². The van der Waals surface area contributed by atoms with Crippen LogP contribution >= 0.6 is 22.7 Å². The number of nitrogens with zero attached hydrogens (tertiary/aromatic N) is 1. The van der Waals surface area contributed by atoms with Crippen LogP contribution in [0, 0.1) is 0 Å². The van der Waals surface area contributed by atoms with E-state index in [1.54, 1.807) is 0 Å². The van der Waals surface area contributed by atoms with Crippen molar-refractivity contribution in [1.29, 1.82) is 0 Å². The highest BCUT2D eigenvalue weighted by atomic mass is 32.1. The predicted octanol–water partition coefficient (Wildman–Crippen LogP) is 16.0. The summed E-state index contributed by atoms with van der Waals surface area (Å²) in [6.07, 6.45) is 0. The van der Waals surface area contributed by atoms with Crippen molar-refractivity contribution in [2.45, 2.75) is 0 Å².